The van der Waals surface area contributed by atoms with Crippen molar-refractivity contribution < 1.29 is 28.2 Å². The van der Waals surface area contributed by atoms with Gasteiger partial charge in [0.2, 0.25) is 5.91 Å². The number of carbonyl (C=O) groups is 2. The maximum absolute atomic E-state index is 12.1. The summed E-state index contributed by atoms with van der Waals surface area (Å²) in [5, 5.41) is 0. The highest BCUT2D eigenvalue weighted by atomic mass is 31.1. The Morgan fingerprint density at radius 3 is 2.91 bits per heavy atom. The molecule has 4 atom stereocenters. The van der Waals surface area contributed by atoms with E-state index >= 15 is 0 Å². The highest BCUT2D eigenvalue weighted by Gasteiger charge is 2.46. The normalized spacial score (nSPS) is 31.5. The third-order valence-corrected chi connectivity index (χ3v) is 4.02. The number of ketones is 1. The molecule has 0 aromatic rings. The number of ether oxygens (including phenoxy) is 2. The third-order valence-electron chi connectivity index (χ3n) is 3.81. The van der Waals surface area contributed by atoms with Crippen molar-refractivity contribution in [2.45, 2.75) is 45.1 Å². The van der Waals surface area contributed by atoms with Crippen LogP contribution in [-0.2, 0) is 28.2 Å². The third kappa shape index (κ3) is 4.25. The van der Waals surface area contributed by atoms with E-state index < -0.39 is 14.9 Å². The molecule has 0 N–H and O–H groups in total. The van der Waals surface area contributed by atoms with E-state index in [1.54, 1.807) is 6.08 Å². The van der Waals surface area contributed by atoms with Gasteiger partial charge in [0, 0.05) is 18.7 Å². The summed E-state index contributed by atoms with van der Waals surface area (Å²) < 4.78 is 26.8. The first-order valence-corrected chi connectivity index (χ1v) is 8.26. The Labute approximate surface area is 136 Å². The van der Waals surface area contributed by atoms with Gasteiger partial charge >= 0.3 is 8.69 Å². The molecule has 1 saturated heterocycles. The second kappa shape index (κ2) is 8.34. The Kier molecular flexibility index (Phi) is 6.45. The lowest BCUT2D eigenvalue weighted by atomic mass is 9.99. The van der Waals surface area contributed by atoms with E-state index in [1.807, 2.05) is 13.8 Å². The smallest absolute Gasteiger partial charge is 0.395 e. The fraction of sp³-hybridized carbons (Fsp3) is 0.600. The zero-order valence-electron chi connectivity index (χ0n) is 13.1. The zero-order valence-corrected chi connectivity index (χ0v) is 14.0. The Balaban J connectivity index is 2.17. The van der Waals surface area contributed by atoms with Crippen molar-refractivity contribution in [2.75, 3.05) is 6.61 Å². The standard InChI is InChI=1S/C15H20NO6P/c1-3-7-20-14-10(2)12(5-8-21-23-19)22-15(14)16-6-4-11(17)9-13(16)18/h4-6,8,10,12,14-15H,3,7,9H2,1-2H3/b8-5+/t10-,12-,14-,15-/m1/s1. The number of allylic oxidation sites excluding steroid dienone is 1. The van der Waals surface area contributed by atoms with Gasteiger partial charge < -0.3 is 14.0 Å². The van der Waals surface area contributed by atoms with E-state index in [1.165, 1.54) is 23.4 Å². The van der Waals surface area contributed by atoms with Gasteiger partial charge in [-0.25, -0.2) is 4.57 Å². The molecule has 0 saturated carbocycles. The highest BCUT2D eigenvalue weighted by molar-refractivity contribution is 7.17. The fourth-order valence-electron chi connectivity index (χ4n) is 2.65. The van der Waals surface area contributed by atoms with E-state index in [0.29, 0.717) is 6.61 Å². The molecule has 7 nitrogen and oxygen atoms in total. The first-order chi connectivity index (χ1) is 11.1. The maximum Gasteiger partial charge on any atom is 0.395 e. The molecule has 1 fully saturated rings. The number of amides is 1. The van der Waals surface area contributed by atoms with Gasteiger partial charge in [-0.1, -0.05) is 13.8 Å². The van der Waals surface area contributed by atoms with Crippen molar-refractivity contribution in [2.24, 2.45) is 5.92 Å². The molecule has 0 aromatic heterocycles. The minimum atomic E-state index is -0.604. The van der Waals surface area contributed by atoms with E-state index in [0.717, 1.165) is 6.42 Å². The van der Waals surface area contributed by atoms with Gasteiger partial charge in [0.25, 0.3) is 0 Å². The first kappa shape index (κ1) is 17.8. The van der Waals surface area contributed by atoms with Crippen LogP contribution in [0.4, 0.5) is 0 Å². The summed E-state index contributed by atoms with van der Waals surface area (Å²) in [5.74, 6) is -0.560. The van der Waals surface area contributed by atoms with Crippen LogP contribution < -0.4 is 0 Å². The first-order valence-electron chi connectivity index (χ1n) is 7.53. The molecule has 0 bridgehead atoms. The Bertz CT molecular complexity index is 520. The monoisotopic (exact) mass is 341 g/mol. The molecule has 0 aliphatic carbocycles. The molecule has 0 aromatic carbocycles. The summed E-state index contributed by atoms with van der Waals surface area (Å²) in [6.07, 6.45) is 5.17. The topological polar surface area (TPSA) is 82.1 Å². The number of rotatable bonds is 7. The number of carbonyl (C=O) groups excluding carboxylic acids is 2. The molecular formula is C15H20NO6P. The Hall–Kier alpha value is -1.56. The van der Waals surface area contributed by atoms with Gasteiger partial charge in [-0.3, -0.25) is 14.5 Å². The summed E-state index contributed by atoms with van der Waals surface area (Å²) in [6.45, 7) is 4.50. The molecule has 1 amide bonds. The average molecular weight is 341 g/mol. The summed E-state index contributed by atoms with van der Waals surface area (Å²) in [5.41, 5.74) is 0. The van der Waals surface area contributed by atoms with Crippen LogP contribution in [0.15, 0.2) is 24.6 Å². The summed E-state index contributed by atoms with van der Waals surface area (Å²) in [6, 6.07) is 0. The molecule has 0 radical (unpaired) electrons. The van der Waals surface area contributed by atoms with Gasteiger partial charge in [-0.05, 0) is 18.6 Å². The van der Waals surface area contributed by atoms with E-state index in [9.17, 15) is 14.2 Å². The average Bonchev–Trinajstić information content (AvgIpc) is 2.82. The second-order valence-electron chi connectivity index (χ2n) is 5.45. The summed E-state index contributed by atoms with van der Waals surface area (Å²) in [4.78, 5) is 24.9. The Morgan fingerprint density at radius 1 is 1.48 bits per heavy atom. The van der Waals surface area contributed by atoms with E-state index in [-0.39, 0.29) is 36.2 Å². The van der Waals surface area contributed by atoms with Crippen LogP contribution in [0.5, 0.6) is 0 Å². The lowest BCUT2D eigenvalue weighted by molar-refractivity contribution is -0.149. The quantitative estimate of drug-likeness (QED) is 0.401. The van der Waals surface area contributed by atoms with Gasteiger partial charge in [0.05, 0.1) is 18.8 Å². The predicted molar refractivity (Wildman–Crippen MR) is 81.3 cm³/mol. The molecule has 0 unspecified atom stereocenters. The van der Waals surface area contributed by atoms with Crippen molar-refractivity contribution >= 4 is 20.4 Å². The minimum absolute atomic E-state index is 0.0338. The van der Waals surface area contributed by atoms with Gasteiger partial charge in [-0.2, -0.15) is 0 Å². The molecule has 0 spiro atoms. The molecule has 23 heavy (non-hydrogen) atoms. The highest BCUT2D eigenvalue weighted by Crippen LogP contribution is 2.33. The largest absolute Gasteiger partial charge is 0.416 e. The van der Waals surface area contributed by atoms with Crippen LogP contribution in [0, 0.1) is 5.92 Å². The molecule has 2 heterocycles. The summed E-state index contributed by atoms with van der Waals surface area (Å²) in [7, 11) is -0.442. The maximum atomic E-state index is 12.1. The second-order valence-corrected chi connectivity index (χ2v) is 5.81. The number of nitrogens with zero attached hydrogens (tertiary/aromatic N) is 1. The van der Waals surface area contributed by atoms with Crippen LogP contribution in [0.2, 0.25) is 0 Å². The minimum Gasteiger partial charge on any atom is -0.416 e. The molecule has 8 heteroatoms. The molecule has 2 aliphatic rings. The van der Waals surface area contributed by atoms with Gasteiger partial charge in [0.1, 0.15) is 6.10 Å². The van der Waals surface area contributed by atoms with Crippen LogP contribution in [0.3, 0.4) is 0 Å². The van der Waals surface area contributed by atoms with Crippen molar-refractivity contribution in [1.29, 1.82) is 0 Å². The lowest BCUT2D eigenvalue weighted by Gasteiger charge is -2.31. The SMILES string of the molecule is CCCO[C@@H]1[C@H](C)[C@@H](/C=C/OP=O)O[C@H]1N1C=CC(=O)CC1=O. The summed E-state index contributed by atoms with van der Waals surface area (Å²) >= 11 is 0. The lowest BCUT2D eigenvalue weighted by Crippen LogP contribution is -2.46. The van der Waals surface area contributed by atoms with Crippen LogP contribution in [-0.4, -0.2) is 41.6 Å². The number of hydrogen-bond acceptors (Lipinski definition) is 6. The van der Waals surface area contributed by atoms with E-state index in [4.69, 9.17) is 9.47 Å². The van der Waals surface area contributed by atoms with E-state index in [2.05, 4.69) is 4.52 Å². The van der Waals surface area contributed by atoms with Crippen molar-refractivity contribution in [3.05, 3.63) is 24.6 Å². The van der Waals surface area contributed by atoms with Crippen LogP contribution in [0.25, 0.3) is 0 Å². The van der Waals surface area contributed by atoms with Gasteiger partial charge in [-0.15, -0.1) is 0 Å². The number of hydrogen-bond donors (Lipinski definition) is 0. The zero-order chi connectivity index (χ0) is 16.8. The molecule has 2 rings (SSSR count). The van der Waals surface area contributed by atoms with Gasteiger partial charge in [0.15, 0.2) is 12.0 Å². The fourth-order valence-corrected chi connectivity index (χ4v) is 2.77. The van der Waals surface area contributed by atoms with Crippen LogP contribution in [0.1, 0.15) is 26.7 Å². The van der Waals surface area contributed by atoms with Crippen molar-refractivity contribution in [1.82, 2.24) is 4.90 Å². The predicted octanol–water partition coefficient (Wildman–Crippen LogP) is 2.19. The van der Waals surface area contributed by atoms with Crippen molar-refractivity contribution in [3.63, 3.8) is 0 Å². The Morgan fingerprint density at radius 2 is 2.26 bits per heavy atom. The molecular weight excluding hydrogens is 321 g/mol. The molecule has 2 aliphatic heterocycles. The van der Waals surface area contributed by atoms with Crippen molar-refractivity contribution in [3.8, 4) is 0 Å². The van der Waals surface area contributed by atoms with Crippen LogP contribution >= 0.6 is 8.69 Å². The molecule has 126 valence electrons.